The highest BCUT2D eigenvalue weighted by atomic mass is 16.2. The van der Waals surface area contributed by atoms with Crippen molar-refractivity contribution >= 4 is 16.9 Å². The maximum absolute atomic E-state index is 12.9. The van der Waals surface area contributed by atoms with E-state index < -0.39 is 0 Å². The molecule has 0 fully saturated rings. The minimum atomic E-state index is -0.122. The molecule has 5 aromatic rings. The topological polar surface area (TPSA) is 77.6 Å². The van der Waals surface area contributed by atoms with Crippen LogP contribution in [0.5, 0.6) is 0 Å². The molecule has 0 bridgehead atoms. The van der Waals surface area contributed by atoms with Gasteiger partial charge in [0.1, 0.15) is 6.54 Å². The molecule has 0 aliphatic heterocycles. The molecule has 0 saturated heterocycles. The quantitative estimate of drug-likeness (QED) is 0.390. The zero-order valence-corrected chi connectivity index (χ0v) is 20.4. The number of carbonyl (C=O) groups is 1. The summed E-state index contributed by atoms with van der Waals surface area (Å²) in [5.41, 5.74) is 8.87. The number of fused-ring (bicyclic) bond motifs is 1. The van der Waals surface area contributed by atoms with Crippen molar-refractivity contribution in [2.45, 2.75) is 40.8 Å². The van der Waals surface area contributed by atoms with E-state index in [1.165, 1.54) is 5.56 Å². The zero-order valence-electron chi connectivity index (χ0n) is 20.4. The fourth-order valence-corrected chi connectivity index (χ4v) is 4.58. The van der Waals surface area contributed by atoms with E-state index in [4.69, 9.17) is 0 Å². The minimum Gasteiger partial charge on any atom is -0.350 e. The van der Waals surface area contributed by atoms with Crippen LogP contribution in [0, 0.1) is 27.7 Å². The van der Waals surface area contributed by atoms with E-state index in [1.54, 1.807) is 10.9 Å². The van der Waals surface area contributed by atoms with E-state index in [-0.39, 0.29) is 12.5 Å². The first kappa shape index (κ1) is 22.5. The van der Waals surface area contributed by atoms with Gasteiger partial charge in [0.15, 0.2) is 5.65 Å². The van der Waals surface area contributed by atoms with Gasteiger partial charge in [0.05, 0.1) is 17.1 Å². The molecular formula is C28H28N6O. The van der Waals surface area contributed by atoms with Crippen LogP contribution in [0.1, 0.15) is 28.2 Å². The predicted molar refractivity (Wildman–Crippen MR) is 137 cm³/mol. The first-order chi connectivity index (χ1) is 16.9. The van der Waals surface area contributed by atoms with E-state index >= 15 is 0 Å². The molecular weight excluding hydrogens is 436 g/mol. The van der Waals surface area contributed by atoms with Gasteiger partial charge in [-0.1, -0.05) is 48.0 Å². The van der Waals surface area contributed by atoms with Gasteiger partial charge in [-0.15, -0.1) is 0 Å². The van der Waals surface area contributed by atoms with Crippen LogP contribution >= 0.6 is 0 Å². The molecule has 7 nitrogen and oxygen atoms in total. The summed E-state index contributed by atoms with van der Waals surface area (Å²) in [6.07, 6.45) is 1.78. The van der Waals surface area contributed by atoms with Crippen molar-refractivity contribution in [1.29, 1.82) is 0 Å². The first-order valence-corrected chi connectivity index (χ1v) is 11.7. The lowest BCUT2D eigenvalue weighted by atomic mass is 10.0. The number of nitrogens with zero attached hydrogens (tertiary/aromatic N) is 5. The van der Waals surface area contributed by atoms with Crippen molar-refractivity contribution in [2.24, 2.45) is 0 Å². The first-order valence-electron chi connectivity index (χ1n) is 11.7. The summed E-state index contributed by atoms with van der Waals surface area (Å²) in [5, 5.41) is 13.3. The Morgan fingerprint density at radius 2 is 1.71 bits per heavy atom. The molecule has 0 spiro atoms. The number of aromatic nitrogens is 5. The predicted octanol–water partition coefficient (Wildman–Crippen LogP) is 4.83. The Morgan fingerprint density at radius 1 is 0.914 bits per heavy atom. The van der Waals surface area contributed by atoms with Crippen LogP contribution in [0.3, 0.4) is 0 Å². The van der Waals surface area contributed by atoms with E-state index in [0.29, 0.717) is 12.2 Å². The smallest absolute Gasteiger partial charge is 0.242 e. The minimum absolute atomic E-state index is 0.0968. The lowest BCUT2D eigenvalue weighted by Crippen LogP contribution is -2.28. The van der Waals surface area contributed by atoms with Crippen molar-refractivity contribution in [1.82, 2.24) is 29.9 Å². The molecule has 0 unspecified atom stereocenters. The Morgan fingerprint density at radius 3 is 2.49 bits per heavy atom. The summed E-state index contributed by atoms with van der Waals surface area (Å²) in [5.74, 6) is -0.122. The van der Waals surface area contributed by atoms with Crippen LogP contribution < -0.4 is 5.32 Å². The highest BCUT2D eigenvalue weighted by Gasteiger charge is 2.17. The number of para-hydroxylation sites is 1. The molecule has 35 heavy (non-hydrogen) atoms. The largest absolute Gasteiger partial charge is 0.350 e. The molecule has 1 amide bonds. The van der Waals surface area contributed by atoms with E-state index in [1.807, 2.05) is 67.9 Å². The summed E-state index contributed by atoms with van der Waals surface area (Å²) >= 11 is 0. The van der Waals surface area contributed by atoms with Crippen LogP contribution in [0.4, 0.5) is 0 Å². The second-order valence-electron chi connectivity index (χ2n) is 8.84. The van der Waals surface area contributed by atoms with Crippen LogP contribution in [0.15, 0.2) is 66.9 Å². The fraction of sp³-hybridized carbons (Fsp3) is 0.214. The fourth-order valence-electron chi connectivity index (χ4n) is 4.58. The maximum Gasteiger partial charge on any atom is 0.242 e. The zero-order chi connectivity index (χ0) is 24.5. The van der Waals surface area contributed by atoms with Crippen molar-refractivity contribution in [3.05, 3.63) is 95.1 Å². The van der Waals surface area contributed by atoms with Gasteiger partial charge >= 0.3 is 0 Å². The third-order valence-electron chi connectivity index (χ3n) is 6.33. The van der Waals surface area contributed by atoms with Crippen LogP contribution in [-0.2, 0) is 17.9 Å². The Balaban J connectivity index is 1.36. The van der Waals surface area contributed by atoms with E-state index in [2.05, 4.69) is 45.6 Å². The molecule has 0 radical (unpaired) electrons. The Hall–Kier alpha value is -4.26. The van der Waals surface area contributed by atoms with Crippen molar-refractivity contribution < 1.29 is 4.79 Å². The lowest BCUT2D eigenvalue weighted by molar-refractivity contribution is -0.121. The molecule has 3 heterocycles. The number of aryl methyl sites for hydroxylation is 3. The molecule has 3 aromatic heterocycles. The van der Waals surface area contributed by atoms with Gasteiger partial charge in [0.25, 0.3) is 0 Å². The number of amides is 1. The third kappa shape index (κ3) is 4.33. The van der Waals surface area contributed by atoms with Crippen LogP contribution in [-0.4, -0.2) is 30.5 Å². The summed E-state index contributed by atoms with van der Waals surface area (Å²) in [6.45, 7) is 8.53. The number of nitrogens with one attached hydrogen (secondary N) is 1. The normalized spacial score (nSPS) is 11.2. The number of hydrogen-bond donors (Lipinski definition) is 1. The molecule has 0 aliphatic rings. The summed E-state index contributed by atoms with van der Waals surface area (Å²) in [4.78, 5) is 17.5. The average Bonchev–Trinajstić information content (AvgIpc) is 3.33. The summed E-state index contributed by atoms with van der Waals surface area (Å²) in [6, 6.07) is 20.4. The number of pyridine rings is 1. The standard InChI is InChI=1S/C28H28N6O/c1-18-9-8-10-22(15-18)24-13-14-29-28-27(24)20(3)31-33(28)17-26(35)30-16-25-19(2)32-34(21(25)4)23-11-6-5-7-12-23/h5-15H,16-17H2,1-4H3,(H,30,35). The molecule has 0 aliphatic carbocycles. The maximum atomic E-state index is 12.9. The SMILES string of the molecule is Cc1cccc(-c2ccnc3c2c(C)nn3CC(=O)NCc2c(C)nn(-c3ccccc3)c2C)c1. The Labute approximate surface area is 204 Å². The molecule has 7 heteroatoms. The Kier molecular flexibility index (Phi) is 5.91. The summed E-state index contributed by atoms with van der Waals surface area (Å²) < 4.78 is 3.60. The number of benzene rings is 2. The highest BCUT2D eigenvalue weighted by molar-refractivity contribution is 5.95. The van der Waals surface area contributed by atoms with Gasteiger partial charge < -0.3 is 5.32 Å². The van der Waals surface area contributed by atoms with E-state index in [9.17, 15) is 4.79 Å². The second-order valence-corrected chi connectivity index (χ2v) is 8.84. The molecule has 2 aromatic carbocycles. The van der Waals surface area contributed by atoms with Crippen molar-refractivity contribution in [2.75, 3.05) is 0 Å². The number of rotatable bonds is 6. The lowest BCUT2D eigenvalue weighted by Gasteiger charge is -2.08. The van der Waals surface area contributed by atoms with E-state index in [0.717, 1.165) is 44.8 Å². The number of hydrogen-bond acceptors (Lipinski definition) is 4. The van der Waals surface area contributed by atoms with Gasteiger partial charge in [0, 0.05) is 29.4 Å². The van der Waals surface area contributed by atoms with Crippen molar-refractivity contribution in [3.63, 3.8) is 0 Å². The Bertz CT molecular complexity index is 1530. The van der Waals surface area contributed by atoms with Gasteiger partial charge in [-0.25, -0.2) is 14.3 Å². The molecule has 1 N–H and O–H groups in total. The van der Waals surface area contributed by atoms with Crippen LogP contribution in [0.25, 0.3) is 27.8 Å². The molecule has 176 valence electrons. The number of carbonyl (C=O) groups excluding carboxylic acids is 1. The van der Waals surface area contributed by atoms with Gasteiger partial charge in [-0.05, 0) is 57.0 Å². The van der Waals surface area contributed by atoms with Crippen molar-refractivity contribution in [3.8, 4) is 16.8 Å². The van der Waals surface area contributed by atoms with Gasteiger partial charge in [-0.2, -0.15) is 10.2 Å². The van der Waals surface area contributed by atoms with Gasteiger partial charge in [-0.3, -0.25) is 4.79 Å². The molecule has 0 atom stereocenters. The van der Waals surface area contributed by atoms with Crippen LogP contribution in [0.2, 0.25) is 0 Å². The highest BCUT2D eigenvalue weighted by Crippen LogP contribution is 2.30. The summed E-state index contributed by atoms with van der Waals surface area (Å²) in [7, 11) is 0. The monoisotopic (exact) mass is 464 g/mol. The molecule has 0 saturated carbocycles. The van der Waals surface area contributed by atoms with Gasteiger partial charge in [0.2, 0.25) is 5.91 Å². The second kappa shape index (κ2) is 9.18. The average molecular weight is 465 g/mol. The molecule has 5 rings (SSSR count). The third-order valence-corrected chi connectivity index (χ3v) is 6.33.